The van der Waals surface area contributed by atoms with Gasteiger partial charge in [0.25, 0.3) is 0 Å². The number of hydrogen-bond donors (Lipinski definition) is 1. The molecule has 0 bridgehead atoms. The Balaban J connectivity index is 3.14. The van der Waals surface area contributed by atoms with E-state index in [1.165, 1.54) is 38.4 Å². The van der Waals surface area contributed by atoms with Crippen LogP contribution in [0.15, 0.2) is 12.8 Å². The second-order valence-corrected chi connectivity index (χ2v) is 5.29. The average molecular weight is 261 g/mol. The highest BCUT2D eigenvalue weighted by molar-refractivity contribution is 8.22. The third kappa shape index (κ3) is 11.9. The van der Waals surface area contributed by atoms with Crippen LogP contribution in [0.2, 0.25) is 0 Å². The lowest BCUT2D eigenvalue weighted by atomic mass is 10.2. The van der Waals surface area contributed by atoms with E-state index < -0.39 is 0 Å². The van der Waals surface area contributed by atoms with Gasteiger partial charge in [-0.3, -0.25) is 0 Å². The van der Waals surface area contributed by atoms with Gasteiger partial charge in [-0.1, -0.05) is 63.2 Å². The summed E-state index contributed by atoms with van der Waals surface area (Å²) >= 11 is 6.91. The van der Waals surface area contributed by atoms with Crippen molar-refractivity contribution in [3.05, 3.63) is 12.8 Å². The molecule has 0 atom stereocenters. The van der Waals surface area contributed by atoms with Crippen molar-refractivity contribution in [2.24, 2.45) is 0 Å². The number of thioether (sulfide) groups is 1. The Morgan fingerprint density at radius 1 is 1.38 bits per heavy atom. The summed E-state index contributed by atoms with van der Waals surface area (Å²) in [5.41, 5.74) is 0. The van der Waals surface area contributed by atoms with Crippen LogP contribution >= 0.6 is 24.0 Å². The maximum atomic E-state index is 5.17. The van der Waals surface area contributed by atoms with E-state index in [1.807, 2.05) is 0 Å². The molecule has 0 radical (unpaired) electrons. The van der Waals surface area contributed by atoms with Crippen molar-refractivity contribution in [1.29, 1.82) is 0 Å². The van der Waals surface area contributed by atoms with Gasteiger partial charge in [0.2, 0.25) is 0 Å². The number of nitrogens with one attached hydrogen (secondary N) is 1. The fourth-order valence-electron chi connectivity index (χ4n) is 1.22. The van der Waals surface area contributed by atoms with Crippen molar-refractivity contribution in [2.75, 3.05) is 18.9 Å². The van der Waals surface area contributed by atoms with Crippen LogP contribution in [0.5, 0.6) is 0 Å². The molecule has 0 aliphatic heterocycles. The molecule has 0 aliphatic rings. The second kappa shape index (κ2) is 12.8. The Labute approximate surface area is 109 Å². The Bertz CT molecular complexity index is 186. The number of thiocarbonyl (C=S) groups is 1. The van der Waals surface area contributed by atoms with Gasteiger partial charge in [0.15, 0.2) is 0 Å². The largest absolute Gasteiger partial charge is 0.500 e. The Morgan fingerprint density at radius 3 is 2.81 bits per heavy atom. The van der Waals surface area contributed by atoms with Crippen LogP contribution in [0, 0.1) is 0 Å². The van der Waals surface area contributed by atoms with Crippen molar-refractivity contribution < 1.29 is 4.74 Å². The van der Waals surface area contributed by atoms with Crippen LogP contribution in [0.3, 0.4) is 0 Å². The van der Waals surface area contributed by atoms with Gasteiger partial charge in [-0.25, -0.2) is 0 Å². The minimum absolute atomic E-state index is 0.626. The zero-order valence-electron chi connectivity index (χ0n) is 10.2. The third-order valence-electron chi connectivity index (χ3n) is 2.09. The molecule has 2 nitrogen and oxygen atoms in total. The topological polar surface area (TPSA) is 21.3 Å². The van der Waals surface area contributed by atoms with Crippen molar-refractivity contribution in [1.82, 2.24) is 5.32 Å². The summed E-state index contributed by atoms with van der Waals surface area (Å²) in [6.07, 6.45) is 8.04. The third-order valence-corrected chi connectivity index (χ3v) is 3.49. The zero-order valence-corrected chi connectivity index (χ0v) is 11.8. The summed E-state index contributed by atoms with van der Waals surface area (Å²) < 4.78 is 5.86. The molecule has 0 spiro atoms. The van der Waals surface area contributed by atoms with E-state index in [0.717, 1.165) is 16.6 Å². The lowest BCUT2D eigenvalue weighted by Gasteiger charge is -2.06. The molecule has 0 heterocycles. The summed E-state index contributed by atoms with van der Waals surface area (Å²) in [4.78, 5) is 0. The minimum Gasteiger partial charge on any atom is -0.500 e. The summed E-state index contributed by atoms with van der Waals surface area (Å²) in [6, 6.07) is 0. The van der Waals surface area contributed by atoms with E-state index in [-0.39, 0.29) is 0 Å². The Kier molecular flexibility index (Phi) is 12.7. The summed E-state index contributed by atoms with van der Waals surface area (Å²) in [5, 5.41) is 3.14. The number of unbranched alkanes of at least 4 members (excludes halogenated alkanes) is 4. The molecule has 16 heavy (non-hydrogen) atoms. The second-order valence-electron chi connectivity index (χ2n) is 3.51. The van der Waals surface area contributed by atoms with Gasteiger partial charge >= 0.3 is 0 Å². The van der Waals surface area contributed by atoms with Crippen molar-refractivity contribution in [3.8, 4) is 0 Å². The van der Waals surface area contributed by atoms with Crippen molar-refractivity contribution in [2.45, 2.75) is 39.0 Å². The first-order valence-corrected chi connectivity index (χ1v) is 7.33. The Hall–Kier alpha value is -0.220. The average Bonchev–Trinajstić information content (AvgIpc) is 2.29. The summed E-state index contributed by atoms with van der Waals surface area (Å²) in [7, 11) is 0. The zero-order chi connectivity index (χ0) is 12.1. The van der Waals surface area contributed by atoms with Crippen molar-refractivity contribution >= 4 is 28.3 Å². The molecule has 0 fully saturated rings. The monoisotopic (exact) mass is 261 g/mol. The van der Waals surface area contributed by atoms with E-state index >= 15 is 0 Å². The first kappa shape index (κ1) is 15.8. The summed E-state index contributed by atoms with van der Waals surface area (Å²) in [6.45, 7) is 7.09. The molecule has 0 aromatic carbocycles. The quantitative estimate of drug-likeness (QED) is 0.367. The standard InChI is InChI=1S/C12H23NOS2/c1-3-5-6-7-8-11-16-12(15)13-9-10-14-4-2/h4H,2-3,5-11H2,1H3,(H,13,15). The van der Waals surface area contributed by atoms with Gasteiger partial charge in [-0.2, -0.15) is 0 Å². The Morgan fingerprint density at radius 2 is 2.12 bits per heavy atom. The molecule has 0 aromatic heterocycles. The van der Waals surface area contributed by atoms with E-state index in [4.69, 9.17) is 17.0 Å². The van der Waals surface area contributed by atoms with Crippen LogP contribution in [-0.2, 0) is 4.74 Å². The molecule has 0 amide bonds. The molecular formula is C12H23NOS2. The molecule has 0 saturated heterocycles. The molecule has 0 aliphatic carbocycles. The van der Waals surface area contributed by atoms with Crippen LogP contribution in [0.4, 0.5) is 0 Å². The van der Waals surface area contributed by atoms with E-state index in [1.54, 1.807) is 11.8 Å². The smallest absolute Gasteiger partial charge is 0.133 e. The van der Waals surface area contributed by atoms with E-state index in [9.17, 15) is 0 Å². The van der Waals surface area contributed by atoms with Gasteiger partial charge in [0.1, 0.15) is 10.9 Å². The number of hydrogen-bond acceptors (Lipinski definition) is 3. The lowest BCUT2D eigenvalue weighted by Crippen LogP contribution is -2.22. The van der Waals surface area contributed by atoms with Crippen LogP contribution in [-0.4, -0.2) is 23.2 Å². The summed E-state index contributed by atoms with van der Waals surface area (Å²) in [5.74, 6) is 1.12. The van der Waals surface area contributed by atoms with Crippen LogP contribution < -0.4 is 5.32 Å². The highest BCUT2D eigenvalue weighted by Crippen LogP contribution is 2.09. The van der Waals surface area contributed by atoms with Crippen LogP contribution in [0.1, 0.15) is 39.0 Å². The fourth-order valence-corrected chi connectivity index (χ4v) is 2.31. The first-order valence-electron chi connectivity index (χ1n) is 5.94. The molecule has 94 valence electrons. The van der Waals surface area contributed by atoms with Gasteiger partial charge in [0, 0.05) is 5.75 Å². The highest BCUT2D eigenvalue weighted by Gasteiger charge is 1.96. The van der Waals surface area contributed by atoms with Gasteiger partial charge in [0.05, 0.1) is 12.8 Å². The van der Waals surface area contributed by atoms with Gasteiger partial charge < -0.3 is 10.1 Å². The lowest BCUT2D eigenvalue weighted by molar-refractivity contribution is 0.256. The maximum Gasteiger partial charge on any atom is 0.133 e. The normalized spacial score (nSPS) is 9.81. The predicted molar refractivity (Wildman–Crippen MR) is 78.0 cm³/mol. The SMILES string of the molecule is C=COCCNC(=S)SCCCCCCC. The van der Waals surface area contributed by atoms with E-state index in [0.29, 0.717) is 6.61 Å². The van der Waals surface area contributed by atoms with Gasteiger partial charge in [-0.05, 0) is 6.42 Å². The molecule has 0 aromatic rings. The molecule has 0 unspecified atom stereocenters. The molecule has 0 rings (SSSR count). The predicted octanol–water partition coefficient (Wildman–Crippen LogP) is 3.72. The fraction of sp³-hybridized carbons (Fsp3) is 0.750. The number of ether oxygens (including phenoxy) is 1. The maximum absolute atomic E-state index is 5.17. The number of rotatable bonds is 10. The molecule has 1 N–H and O–H groups in total. The van der Waals surface area contributed by atoms with Crippen LogP contribution in [0.25, 0.3) is 0 Å². The molecule has 0 saturated carbocycles. The highest BCUT2D eigenvalue weighted by atomic mass is 32.2. The molecular weight excluding hydrogens is 238 g/mol. The minimum atomic E-state index is 0.626. The van der Waals surface area contributed by atoms with Crippen molar-refractivity contribution in [3.63, 3.8) is 0 Å². The van der Waals surface area contributed by atoms with E-state index in [2.05, 4.69) is 18.8 Å². The molecule has 4 heteroatoms. The first-order chi connectivity index (χ1) is 7.81. The van der Waals surface area contributed by atoms with Gasteiger partial charge in [-0.15, -0.1) is 0 Å².